The summed E-state index contributed by atoms with van der Waals surface area (Å²) in [4.78, 5) is 33.0. The Morgan fingerprint density at radius 2 is 1.66 bits per heavy atom. The molecule has 0 radical (unpaired) electrons. The monoisotopic (exact) mass is 453 g/mol. The number of carbonyl (C=O) groups is 2. The number of hydrogen-bond acceptors (Lipinski definition) is 4. The third kappa shape index (κ3) is 5.77. The summed E-state index contributed by atoms with van der Waals surface area (Å²) in [5, 5.41) is 4.17. The number of aromatic nitrogens is 1. The van der Waals surface area contributed by atoms with Crippen LogP contribution in [0.3, 0.4) is 0 Å². The number of hydrogen-bond donors (Lipinski definition) is 1. The van der Waals surface area contributed by atoms with Gasteiger partial charge in [-0.25, -0.2) is 4.98 Å². The average molecular weight is 454 g/mol. The Balaban J connectivity index is 1.29. The first kappa shape index (κ1) is 23.0. The minimum atomic E-state index is 0.0831. The van der Waals surface area contributed by atoms with Crippen LogP contribution in [0.4, 0.5) is 0 Å². The molecule has 1 N–H and O–H groups in total. The second-order valence-corrected chi connectivity index (χ2v) is 10.5. The van der Waals surface area contributed by atoms with Crippen LogP contribution in [0.5, 0.6) is 0 Å². The SMILES string of the molecule is Cc1ccc(-c2nc(C)c(C(=O)N3CCC(CC(=O)NC4CCCCCC4)CC3)s2)cc1. The maximum absolute atomic E-state index is 13.2. The molecule has 172 valence electrons. The van der Waals surface area contributed by atoms with Gasteiger partial charge in [0.1, 0.15) is 9.88 Å². The molecule has 1 aliphatic heterocycles. The molecule has 32 heavy (non-hydrogen) atoms. The standard InChI is InChI=1S/C26H35N3O2S/c1-18-9-11-21(12-10-18)25-27-19(2)24(32-25)26(31)29-15-13-20(14-16-29)17-23(30)28-22-7-5-3-4-6-8-22/h9-12,20,22H,3-8,13-17H2,1-2H3,(H,28,30). The van der Waals surface area contributed by atoms with Crippen molar-refractivity contribution < 1.29 is 9.59 Å². The lowest BCUT2D eigenvalue weighted by Gasteiger charge is -2.32. The Morgan fingerprint density at radius 3 is 2.31 bits per heavy atom. The molecule has 1 aromatic heterocycles. The van der Waals surface area contributed by atoms with E-state index < -0.39 is 0 Å². The molecule has 2 amide bonds. The zero-order chi connectivity index (χ0) is 22.5. The van der Waals surface area contributed by atoms with Crippen molar-refractivity contribution >= 4 is 23.2 Å². The van der Waals surface area contributed by atoms with E-state index in [2.05, 4.69) is 41.5 Å². The maximum atomic E-state index is 13.2. The van der Waals surface area contributed by atoms with Gasteiger partial charge in [-0.15, -0.1) is 11.3 Å². The molecule has 2 fully saturated rings. The van der Waals surface area contributed by atoms with Crippen molar-refractivity contribution in [1.82, 2.24) is 15.2 Å². The van der Waals surface area contributed by atoms with E-state index in [1.807, 2.05) is 11.8 Å². The van der Waals surface area contributed by atoms with Crippen LogP contribution < -0.4 is 5.32 Å². The first-order chi connectivity index (χ1) is 15.5. The van der Waals surface area contributed by atoms with Crippen molar-refractivity contribution in [2.45, 2.75) is 77.7 Å². The molecule has 1 aromatic carbocycles. The lowest BCUT2D eigenvalue weighted by Crippen LogP contribution is -2.40. The van der Waals surface area contributed by atoms with Gasteiger partial charge in [-0.1, -0.05) is 55.5 Å². The van der Waals surface area contributed by atoms with E-state index in [1.54, 1.807) is 0 Å². The van der Waals surface area contributed by atoms with Crippen LogP contribution in [-0.2, 0) is 4.79 Å². The minimum absolute atomic E-state index is 0.0831. The van der Waals surface area contributed by atoms with Crippen molar-refractivity contribution in [2.24, 2.45) is 5.92 Å². The van der Waals surface area contributed by atoms with Crippen LogP contribution in [0.2, 0.25) is 0 Å². The third-order valence-electron chi connectivity index (χ3n) is 6.89. The second-order valence-electron chi connectivity index (χ2n) is 9.50. The molecule has 0 spiro atoms. The fraction of sp³-hybridized carbons (Fsp3) is 0.577. The van der Waals surface area contributed by atoms with E-state index in [9.17, 15) is 9.59 Å². The van der Waals surface area contributed by atoms with Gasteiger partial charge in [-0.05, 0) is 45.4 Å². The van der Waals surface area contributed by atoms with Gasteiger partial charge in [0, 0.05) is 31.1 Å². The van der Waals surface area contributed by atoms with Crippen molar-refractivity contribution in [3.8, 4) is 10.6 Å². The van der Waals surface area contributed by atoms with Crippen LogP contribution in [0, 0.1) is 19.8 Å². The zero-order valence-electron chi connectivity index (χ0n) is 19.4. The van der Waals surface area contributed by atoms with Crippen LogP contribution in [0.25, 0.3) is 10.6 Å². The topological polar surface area (TPSA) is 62.3 Å². The number of nitrogens with one attached hydrogen (secondary N) is 1. The average Bonchev–Trinajstić information content (AvgIpc) is 2.99. The van der Waals surface area contributed by atoms with E-state index in [1.165, 1.54) is 42.6 Å². The normalized spacial score (nSPS) is 18.4. The van der Waals surface area contributed by atoms with Crippen LogP contribution in [0.15, 0.2) is 24.3 Å². The molecule has 0 atom stereocenters. The van der Waals surface area contributed by atoms with E-state index in [4.69, 9.17) is 0 Å². The fourth-order valence-corrected chi connectivity index (χ4v) is 5.91. The third-order valence-corrected chi connectivity index (χ3v) is 8.08. The van der Waals surface area contributed by atoms with Gasteiger partial charge < -0.3 is 10.2 Å². The number of rotatable bonds is 5. The Hall–Kier alpha value is -2.21. The highest BCUT2D eigenvalue weighted by Gasteiger charge is 2.28. The molecule has 6 heteroatoms. The summed E-state index contributed by atoms with van der Waals surface area (Å²) < 4.78 is 0. The molecule has 1 saturated carbocycles. The smallest absolute Gasteiger partial charge is 0.265 e. The summed E-state index contributed by atoms with van der Waals surface area (Å²) in [6, 6.07) is 8.64. The number of amides is 2. The van der Waals surface area contributed by atoms with Gasteiger partial charge >= 0.3 is 0 Å². The molecule has 4 rings (SSSR count). The summed E-state index contributed by atoms with van der Waals surface area (Å²) in [6.45, 7) is 5.43. The first-order valence-electron chi connectivity index (χ1n) is 12.1. The lowest BCUT2D eigenvalue weighted by atomic mass is 9.92. The van der Waals surface area contributed by atoms with Crippen molar-refractivity contribution in [2.75, 3.05) is 13.1 Å². The molecule has 1 aliphatic carbocycles. The van der Waals surface area contributed by atoms with E-state index in [0.29, 0.717) is 18.4 Å². The quantitative estimate of drug-likeness (QED) is 0.607. The number of likely N-dealkylation sites (tertiary alicyclic amines) is 1. The number of aryl methyl sites for hydroxylation is 2. The fourth-order valence-electron chi connectivity index (χ4n) is 4.87. The highest BCUT2D eigenvalue weighted by molar-refractivity contribution is 7.17. The predicted molar refractivity (Wildman–Crippen MR) is 130 cm³/mol. The van der Waals surface area contributed by atoms with Gasteiger partial charge in [0.05, 0.1) is 5.69 Å². The lowest BCUT2D eigenvalue weighted by molar-refractivity contribution is -0.123. The van der Waals surface area contributed by atoms with Gasteiger partial charge in [0.25, 0.3) is 5.91 Å². The predicted octanol–water partition coefficient (Wildman–Crippen LogP) is 5.51. The van der Waals surface area contributed by atoms with E-state index >= 15 is 0 Å². The Labute approximate surface area is 195 Å². The number of carbonyl (C=O) groups excluding carboxylic acids is 2. The van der Waals surface area contributed by atoms with Crippen LogP contribution in [0.1, 0.15) is 78.7 Å². The summed E-state index contributed by atoms with van der Waals surface area (Å²) in [5.74, 6) is 0.651. The molecule has 2 aliphatic rings. The molecule has 5 nitrogen and oxygen atoms in total. The van der Waals surface area contributed by atoms with Crippen molar-refractivity contribution in [3.05, 3.63) is 40.4 Å². The second kappa shape index (κ2) is 10.6. The van der Waals surface area contributed by atoms with Crippen LogP contribution in [-0.4, -0.2) is 40.8 Å². The summed E-state index contributed by atoms with van der Waals surface area (Å²) in [5.41, 5.74) is 3.07. The van der Waals surface area contributed by atoms with Crippen molar-refractivity contribution in [1.29, 1.82) is 0 Å². The van der Waals surface area contributed by atoms with Gasteiger partial charge in [-0.3, -0.25) is 9.59 Å². The highest BCUT2D eigenvalue weighted by atomic mass is 32.1. The summed E-state index contributed by atoms with van der Waals surface area (Å²) in [7, 11) is 0. The maximum Gasteiger partial charge on any atom is 0.265 e. The van der Waals surface area contributed by atoms with E-state index in [0.717, 1.165) is 59.9 Å². The Morgan fingerprint density at radius 1 is 1.00 bits per heavy atom. The molecule has 2 heterocycles. The molecule has 2 aromatic rings. The number of benzene rings is 1. The Kier molecular flexibility index (Phi) is 7.61. The van der Waals surface area contributed by atoms with Gasteiger partial charge in [0.2, 0.25) is 5.91 Å². The van der Waals surface area contributed by atoms with Gasteiger partial charge in [-0.2, -0.15) is 0 Å². The molecular weight excluding hydrogens is 418 g/mol. The largest absolute Gasteiger partial charge is 0.353 e. The summed E-state index contributed by atoms with van der Waals surface area (Å²) in [6.07, 6.45) is 9.68. The summed E-state index contributed by atoms with van der Waals surface area (Å²) >= 11 is 1.49. The minimum Gasteiger partial charge on any atom is -0.353 e. The number of nitrogens with zero attached hydrogens (tertiary/aromatic N) is 2. The van der Waals surface area contributed by atoms with Crippen molar-refractivity contribution in [3.63, 3.8) is 0 Å². The molecule has 0 bridgehead atoms. The van der Waals surface area contributed by atoms with E-state index in [-0.39, 0.29) is 11.8 Å². The molecule has 1 saturated heterocycles. The van der Waals surface area contributed by atoms with Gasteiger partial charge in [0.15, 0.2) is 0 Å². The Bertz CT molecular complexity index is 921. The number of piperidine rings is 1. The first-order valence-corrected chi connectivity index (χ1v) is 12.9. The molecule has 0 unspecified atom stereocenters. The van der Waals surface area contributed by atoms with Crippen LogP contribution >= 0.6 is 11.3 Å². The molecular formula is C26H35N3O2S. The highest BCUT2D eigenvalue weighted by Crippen LogP contribution is 2.30. The number of thiazole rings is 1. The zero-order valence-corrected chi connectivity index (χ0v) is 20.2.